The highest BCUT2D eigenvalue weighted by Gasteiger charge is 2.12. The third kappa shape index (κ3) is 4.25. The van der Waals surface area contributed by atoms with Crippen molar-refractivity contribution in [3.05, 3.63) is 52.3 Å². The molecule has 8 heteroatoms. The van der Waals surface area contributed by atoms with Gasteiger partial charge in [0.1, 0.15) is 0 Å². The summed E-state index contributed by atoms with van der Waals surface area (Å²) < 4.78 is 0.664. The Morgan fingerprint density at radius 2 is 2.10 bits per heavy atom. The summed E-state index contributed by atoms with van der Waals surface area (Å²) in [6.07, 6.45) is 1.53. The van der Waals surface area contributed by atoms with Crippen LogP contribution in [0.5, 0.6) is 0 Å². The summed E-state index contributed by atoms with van der Waals surface area (Å²) in [6, 6.07) is 7.41. The SMILES string of the molecule is O=C(NCc1cccnn1)Nc1cc(Br)ccc1C(=O)O. The average Bonchev–Trinajstić information content (AvgIpc) is 2.46. The Kier molecular flexibility index (Phi) is 4.83. The van der Waals surface area contributed by atoms with Gasteiger partial charge in [0.2, 0.25) is 0 Å². The zero-order chi connectivity index (χ0) is 15.2. The van der Waals surface area contributed by atoms with E-state index in [0.29, 0.717) is 10.2 Å². The van der Waals surface area contributed by atoms with Crippen LogP contribution in [0.15, 0.2) is 41.0 Å². The summed E-state index contributed by atoms with van der Waals surface area (Å²) >= 11 is 3.23. The molecule has 2 rings (SSSR count). The third-order valence-corrected chi connectivity index (χ3v) is 3.01. The smallest absolute Gasteiger partial charge is 0.337 e. The largest absolute Gasteiger partial charge is 0.478 e. The number of urea groups is 1. The molecule has 0 unspecified atom stereocenters. The summed E-state index contributed by atoms with van der Waals surface area (Å²) in [6.45, 7) is 0.191. The van der Waals surface area contributed by atoms with Crippen LogP contribution in [0.1, 0.15) is 16.1 Å². The molecule has 0 aliphatic heterocycles. The Morgan fingerprint density at radius 3 is 2.76 bits per heavy atom. The number of halogens is 1. The van der Waals surface area contributed by atoms with Crippen molar-refractivity contribution in [1.29, 1.82) is 0 Å². The lowest BCUT2D eigenvalue weighted by molar-refractivity contribution is 0.0698. The molecule has 0 fully saturated rings. The summed E-state index contributed by atoms with van der Waals surface area (Å²) in [5.41, 5.74) is 0.807. The first kappa shape index (κ1) is 14.9. The molecule has 7 nitrogen and oxygen atoms in total. The van der Waals surface area contributed by atoms with E-state index in [2.05, 4.69) is 36.8 Å². The van der Waals surface area contributed by atoms with Crippen molar-refractivity contribution in [2.75, 3.05) is 5.32 Å². The third-order valence-electron chi connectivity index (χ3n) is 2.52. The zero-order valence-corrected chi connectivity index (χ0v) is 12.3. The lowest BCUT2D eigenvalue weighted by Crippen LogP contribution is -2.29. The molecule has 1 aromatic carbocycles. The average molecular weight is 351 g/mol. The monoisotopic (exact) mass is 350 g/mol. The summed E-state index contributed by atoms with van der Waals surface area (Å²) in [7, 11) is 0. The standard InChI is InChI=1S/C13H11BrN4O3/c14-8-3-4-10(12(19)20)11(6-8)17-13(21)15-7-9-2-1-5-16-18-9/h1-6H,7H2,(H,19,20)(H2,15,17,21). The Bertz CT molecular complexity index is 664. The van der Waals surface area contributed by atoms with E-state index in [9.17, 15) is 9.59 Å². The topological polar surface area (TPSA) is 104 Å². The van der Waals surface area contributed by atoms with Crippen LogP contribution in [-0.2, 0) is 6.54 Å². The normalized spacial score (nSPS) is 9.95. The van der Waals surface area contributed by atoms with E-state index in [4.69, 9.17) is 5.11 Å². The van der Waals surface area contributed by atoms with Crippen molar-refractivity contribution in [1.82, 2.24) is 15.5 Å². The number of carbonyl (C=O) groups is 2. The van der Waals surface area contributed by atoms with Crippen molar-refractivity contribution in [2.45, 2.75) is 6.54 Å². The predicted octanol–water partition coefficient (Wildman–Crippen LogP) is 2.26. The van der Waals surface area contributed by atoms with Crippen molar-refractivity contribution in [2.24, 2.45) is 0 Å². The second-order valence-electron chi connectivity index (χ2n) is 4.02. The molecule has 2 aromatic rings. The number of carbonyl (C=O) groups excluding carboxylic acids is 1. The molecule has 1 heterocycles. The van der Waals surface area contributed by atoms with Crippen molar-refractivity contribution < 1.29 is 14.7 Å². The molecule has 0 bridgehead atoms. The number of amides is 2. The van der Waals surface area contributed by atoms with Gasteiger partial charge in [-0.15, -0.1) is 0 Å². The van der Waals surface area contributed by atoms with Crippen molar-refractivity contribution in [3.63, 3.8) is 0 Å². The lowest BCUT2D eigenvalue weighted by atomic mass is 10.2. The van der Waals surface area contributed by atoms with Gasteiger partial charge in [0.05, 0.1) is 23.5 Å². The fourth-order valence-electron chi connectivity index (χ4n) is 1.57. The van der Waals surface area contributed by atoms with Gasteiger partial charge in [-0.1, -0.05) is 15.9 Å². The van der Waals surface area contributed by atoms with Crippen LogP contribution in [0.2, 0.25) is 0 Å². The molecule has 0 saturated carbocycles. The summed E-state index contributed by atoms with van der Waals surface area (Å²) in [4.78, 5) is 22.9. The first-order chi connectivity index (χ1) is 10.1. The second kappa shape index (κ2) is 6.80. The minimum Gasteiger partial charge on any atom is -0.478 e. The molecule has 0 radical (unpaired) electrons. The van der Waals surface area contributed by atoms with E-state index in [0.717, 1.165) is 0 Å². The van der Waals surface area contributed by atoms with Gasteiger partial charge in [-0.3, -0.25) is 0 Å². The maximum absolute atomic E-state index is 11.8. The van der Waals surface area contributed by atoms with Gasteiger partial charge in [-0.05, 0) is 30.3 Å². The van der Waals surface area contributed by atoms with Crippen LogP contribution in [0.25, 0.3) is 0 Å². The number of nitrogens with zero attached hydrogens (tertiary/aromatic N) is 2. The van der Waals surface area contributed by atoms with E-state index in [1.54, 1.807) is 18.2 Å². The van der Waals surface area contributed by atoms with Gasteiger partial charge < -0.3 is 15.7 Å². The van der Waals surface area contributed by atoms with Gasteiger partial charge in [-0.2, -0.15) is 10.2 Å². The number of nitrogens with one attached hydrogen (secondary N) is 2. The minimum atomic E-state index is -1.12. The number of aromatic nitrogens is 2. The zero-order valence-electron chi connectivity index (χ0n) is 10.7. The molecule has 0 spiro atoms. The van der Waals surface area contributed by atoms with Crippen LogP contribution >= 0.6 is 15.9 Å². The number of carboxylic acids is 1. The molecule has 0 atom stereocenters. The maximum Gasteiger partial charge on any atom is 0.337 e. The second-order valence-corrected chi connectivity index (χ2v) is 4.93. The first-order valence-corrected chi connectivity index (χ1v) is 6.70. The van der Waals surface area contributed by atoms with E-state index in [1.807, 2.05) is 0 Å². The quantitative estimate of drug-likeness (QED) is 0.784. The Hall–Kier alpha value is -2.48. The molecule has 0 aliphatic rings. The van der Waals surface area contributed by atoms with Gasteiger partial charge in [0, 0.05) is 10.7 Å². The molecular weight excluding hydrogens is 340 g/mol. The number of aromatic carboxylic acids is 1. The Labute approximate surface area is 128 Å². The van der Waals surface area contributed by atoms with E-state index in [-0.39, 0.29) is 17.8 Å². The number of carboxylic acid groups (broad SMARTS) is 1. The highest BCUT2D eigenvalue weighted by Crippen LogP contribution is 2.21. The van der Waals surface area contributed by atoms with Crippen LogP contribution < -0.4 is 10.6 Å². The van der Waals surface area contributed by atoms with Crippen molar-refractivity contribution >= 4 is 33.6 Å². The van der Waals surface area contributed by atoms with E-state index in [1.165, 1.54) is 18.3 Å². The van der Waals surface area contributed by atoms with Crippen LogP contribution in [0.3, 0.4) is 0 Å². The van der Waals surface area contributed by atoms with E-state index >= 15 is 0 Å². The Morgan fingerprint density at radius 1 is 1.29 bits per heavy atom. The number of hydrogen-bond acceptors (Lipinski definition) is 4. The summed E-state index contributed by atoms with van der Waals surface area (Å²) in [5, 5.41) is 21.7. The molecule has 0 aliphatic carbocycles. The number of hydrogen-bond donors (Lipinski definition) is 3. The molecule has 21 heavy (non-hydrogen) atoms. The summed E-state index contributed by atoms with van der Waals surface area (Å²) in [5.74, 6) is -1.12. The van der Waals surface area contributed by atoms with Crippen LogP contribution in [0, 0.1) is 0 Å². The molecule has 0 saturated heterocycles. The van der Waals surface area contributed by atoms with Crippen LogP contribution in [-0.4, -0.2) is 27.3 Å². The Balaban J connectivity index is 2.02. The minimum absolute atomic E-state index is 0.00727. The fourth-order valence-corrected chi connectivity index (χ4v) is 1.93. The molecule has 3 N–H and O–H groups in total. The van der Waals surface area contributed by atoms with Gasteiger partial charge in [-0.25, -0.2) is 9.59 Å². The van der Waals surface area contributed by atoms with Gasteiger partial charge in [0.15, 0.2) is 0 Å². The van der Waals surface area contributed by atoms with Gasteiger partial charge in [0.25, 0.3) is 0 Å². The van der Waals surface area contributed by atoms with Crippen LogP contribution in [0.4, 0.5) is 10.5 Å². The first-order valence-electron chi connectivity index (χ1n) is 5.90. The molecule has 2 amide bonds. The maximum atomic E-state index is 11.8. The van der Waals surface area contributed by atoms with E-state index < -0.39 is 12.0 Å². The van der Waals surface area contributed by atoms with Gasteiger partial charge >= 0.3 is 12.0 Å². The highest BCUT2D eigenvalue weighted by atomic mass is 79.9. The molecule has 1 aromatic heterocycles. The number of rotatable bonds is 4. The fraction of sp³-hybridized carbons (Fsp3) is 0.0769. The molecule has 108 valence electrons. The number of benzene rings is 1. The van der Waals surface area contributed by atoms with Crippen molar-refractivity contribution in [3.8, 4) is 0 Å². The highest BCUT2D eigenvalue weighted by molar-refractivity contribution is 9.10. The number of anilines is 1. The molecular formula is C13H11BrN4O3. The predicted molar refractivity (Wildman–Crippen MR) is 79.0 cm³/mol. The lowest BCUT2D eigenvalue weighted by Gasteiger charge is -2.10.